The van der Waals surface area contributed by atoms with E-state index >= 15 is 0 Å². The first-order valence-corrected chi connectivity index (χ1v) is 10.2. The number of aryl methyl sites for hydroxylation is 1. The minimum atomic E-state index is -2.88. The van der Waals surface area contributed by atoms with Crippen LogP contribution in [0, 0.1) is 6.92 Å². The number of rotatable bonds is 6. The van der Waals surface area contributed by atoms with Crippen LogP contribution in [0.4, 0.5) is 14.5 Å². The third-order valence-electron chi connectivity index (χ3n) is 4.74. The molecule has 2 aromatic rings. The molecule has 29 heavy (non-hydrogen) atoms. The molecule has 0 fully saturated rings. The molecule has 0 saturated carbocycles. The number of nitrogens with zero attached hydrogens (tertiary/aromatic N) is 1. The molecule has 2 N–H and O–H groups in total. The first-order valence-electron chi connectivity index (χ1n) is 10.2. The van der Waals surface area contributed by atoms with Crippen LogP contribution in [-0.4, -0.2) is 13.1 Å². The molecule has 0 unspecified atom stereocenters. The standard InChI is InChI=1S/C23H29F2N.C2H7N/c1-7-26(21-14-9-8-13-20(21)23(6,24)25)18(3)16-22(4,5)19-12-10-11-17(2)15-19;1-2-3/h8-16H,7H2,1-6H3;2-3H2,1H3/b18-16-;. The molecule has 0 spiro atoms. The molecule has 0 aliphatic carbocycles. The summed E-state index contributed by atoms with van der Waals surface area (Å²) in [6.45, 7) is 14.6. The lowest BCUT2D eigenvalue weighted by atomic mass is 9.83. The Kier molecular flexibility index (Phi) is 9.03. The first kappa shape index (κ1) is 24.8. The Morgan fingerprint density at radius 3 is 2.14 bits per heavy atom. The second-order valence-electron chi connectivity index (χ2n) is 7.93. The van der Waals surface area contributed by atoms with E-state index in [0.717, 1.165) is 19.2 Å². The van der Waals surface area contributed by atoms with Gasteiger partial charge in [0.1, 0.15) is 0 Å². The van der Waals surface area contributed by atoms with Gasteiger partial charge in [0, 0.05) is 30.1 Å². The Morgan fingerprint density at radius 1 is 1.03 bits per heavy atom. The first-order chi connectivity index (χ1) is 13.5. The summed E-state index contributed by atoms with van der Waals surface area (Å²) in [5.41, 5.74) is 8.66. The Balaban J connectivity index is 0.00000132. The molecule has 0 saturated heterocycles. The van der Waals surface area contributed by atoms with Crippen LogP contribution in [0.15, 0.2) is 60.3 Å². The molecule has 2 rings (SSSR count). The van der Waals surface area contributed by atoms with Crippen molar-refractivity contribution in [1.82, 2.24) is 0 Å². The van der Waals surface area contributed by atoms with Crippen LogP contribution in [0.1, 0.15) is 58.2 Å². The second kappa shape index (κ2) is 10.5. The fraction of sp³-hybridized carbons (Fsp3) is 0.440. The molecule has 0 atom stereocenters. The normalized spacial score (nSPS) is 12.3. The lowest BCUT2D eigenvalue weighted by Crippen LogP contribution is -2.26. The Morgan fingerprint density at radius 2 is 1.62 bits per heavy atom. The van der Waals surface area contributed by atoms with Crippen molar-refractivity contribution in [3.63, 3.8) is 0 Å². The van der Waals surface area contributed by atoms with Crippen molar-refractivity contribution in [1.29, 1.82) is 0 Å². The molecule has 0 bridgehead atoms. The molecule has 4 heteroatoms. The van der Waals surface area contributed by atoms with E-state index in [1.807, 2.05) is 31.7 Å². The number of para-hydroxylation sites is 1. The van der Waals surface area contributed by atoms with Crippen LogP contribution in [0.25, 0.3) is 0 Å². The minimum Gasteiger partial charge on any atom is -0.346 e. The molecular weight excluding hydrogens is 366 g/mol. The number of anilines is 1. The fourth-order valence-corrected chi connectivity index (χ4v) is 3.42. The van der Waals surface area contributed by atoms with E-state index in [1.165, 1.54) is 17.2 Å². The number of hydrogen-bond acceptors (Lipinski definition) is 2. The average Bonchev–Trinajstić information content (AvgIpc) is 2.62. The zero-order valence-corrected chi connectivity index (χ0v) is 18.9. The van der Waals surface area contributed by atoms with Gasteiger partial charge in [0.25, 0.3) is 5.92 Å². The summed E-state index contributed by atoms with van der Waals surface area (Å²) < 4.78 is 28.2. The van der Waals surface area contributed by atoms with Gasteiger partial charge in [-0.15, -0.1) is 0 Å². The summed E-state index contributed by atoms with van der Waals surface area (Å²) >= 11 is 0. The maximum Gasteiger partial charge on any atom is 0.272 e. The maximum absolute atomic E-state index is 14.1. The third kappa shape index (κ3) is 6.97. The van der Waals surface area contributed by atoms with Gasteiger partial charge in [0.2, 0.25) is 0 Å². The van der Waals surface area contributed by atoms with E-state index in [9.17, 15) is 8.78 Å². The fourth-order valence-electron chi connectivity index (χ4n) is 3.42. The Bertz CT molecular complexity index is 804. The number of allylic oxidation sites excluding steroid dienone is 2. The third-order valence-corrected chi connectivity index (χ3v) is 4.74. The second-order valence-corrected chi connectivity index (χ2v) is 7.93. The molecule has 0 heterocycles. The van der Waals surface area contributed by atoms with Gasteiger partial charge < -0.3 is 10.6 Å². The van der Waals surface area contributed by atoms with Gasteiger partial charge >= 0.3 is 0 Å². The molecule has 2 nitrogen and oxygen atoms in total. The van der Waals surface area contributed by atoms with Gasteiger partial charge in [-0.3, -0.25) is 0 Å². The summed E-state index contributed by atoms with van der Waals surface area (Å²) in [6, 6.07) is 15.2. The van der Waals surface area contributed by atoms with Crippen LogP contribution in [0.5, 0.6) is 0 Å². The highest BCUT2D eigenvalue weighted by molar-refractivity contribution is 5.59. The van der Waals surface area contributed by atoms with Gasteiger partial charge in [-0.25, -0.2) is 8.78 Å². The van der Waals surface area contributed by atoms with Crippen molar-refractivity contribution in [3.05, 3.63) is 77.0 Å². The zero-order chi connectivity index (χ0) is 22.2. The maximum atomic E-state index is 14.1. The summed E-state index contributed by atoms with van der Waals surface area (Å²) in [5, 5.41) is 0. The van der Waals surface area contributed by atoms with Gasteiger partial charge in [0.15, 0.2) is 0 Å². The Labute approximate surface area is 175 Å². The van der Waals surface area contributed by atoms with Gasteiger partial charge in [-0.1, -0.05) is 74.9 Å². The summed E-state index contributed by atoms with van der Waals surface area (Å²) in [5.74, 6) is -2.88. The van der Waals surface area contributed by atoms with Crippen LogP contribution < -0.4 is 10.6 Å². The number of hydrogen-bond donors (Lipinski definition) is 1. The van der Waals surface area contributed by atoms with Crippen LogP contribution >= 0.6 is 0 Å². The van der Waals surface area contributed by atoms with Crippen molar-refractivity contribution >= 4 is 5.69 Å². The van der Waals surface area contributed by atoms with Crippen LogP contribution in [-0.2, 0) is 11.3 Å². The molecule has 160 valence electrons. The van der Waals surface area contributed by atoms with E-state index in [2.05, 4.69) is 51.1 Å². The van der Waals surface area contributed by atoms with Crippen LogP contribution in [0.2, 0.25) is 0 Å². The van der Waals surface area contributed by atoms with E-state index in [0.29, 0.717) is 12.2 Å². The molecule has 0 aliphatic heterocycles. The van der Waals surface area contributed by atoms with Gasteiger partial charge in [-0.2, -0.15) is 0 Å². The number of alkyl halides is 2. The van der Waals surface area contributed by atoms with E-state index < -0.39 is 5.92 Å². The van der Waals surface area contributed by atoms with E-state index in [4.69, 9.17) is 5.73 Å². The minimum absolute atomic E-state index is 0.0583. The summed E-state index contributed by atoms with van der Waals surface area (Å²) in [7, 11) is 0. The monoisotopic (exact) mass is 402 g/mol. The predicted molar refractivity (Wildman–Crippen MR) is 122 cm³/mol. The van der Waals surface area contributed by atoms with Crippen molar-refractivity contribution in [2.45, 2.75) is 59.8 Å². The van der Waals surface area contributed by atoms with Crippen LogP contribution in [0.3, 0.4) is 0 Å². The predicted octanol–water partition coefficient (Wildman–Crippen LogP) is 6.78. The Hall–Kier alpha value is -2.20. The highest BCUT2D eigenvalue weighted by Crippen LogP contribution is 2.37. The smallest absolute Gasteiger partial charge is 0.272 e. The lowest BCUT2D eigenvalue weighted by molar-refractivity contribution is 0.0180. The lowest BCUT2D eigenvalue weighted by Gasteiger charge is -2.31. The van der Waals surface area contributed by atoms with Crippen molar-refractivity contribution < 1.29 is 8.78 Å². The van der Waals surface area contributed by atoms with Crippen molar-refractivity contribution in [2.75, 3.05) is 18.0 Å². The van der Waals surface area contributed by atoms with Gasteiger partial charge in [-0.05, 0) is 38.9 Å². The average molecular weight is 403 g/mol. The molecule has 0 aliphatic rings. The largest absolute Gasteiger partial charge is 0.346 e. The van der Waals surface area contributed by atoms with Crippen molar-refractivity contribution in [3.8, 4) is 0 Å². The molecule has 0 aromatic heterocycles. The summed E-state index contributed by atoms with van der Waals surface area (Å²) in [4.78, 5) is 1.96. The molecule has 2 aromatic carbocycles. The molecular formula is C25H36F2N2. The zero-order valence-electron chi connectivity index (χ0n) is 18.9. The van der Waals surface area contributed by atoms with Gasteiger partial charge in [0.05, 0.1) is 5.69 Å². The highest BCUT2D eigenvalue weighted by atomic mass is 19.3. The number of benzene rings is 2. The summed E-state index contributed by atoms with van der Waals surface area (Å²) in [6.07, 6.45) is 2.16. The SMILES string of the molecule is CCN.CCN(/C(C)=C\C(C)(C)c1cccc(C)c1)c1ccccc1C(C)(F)F. The molecule has 0 radical (unpaired) electrons. The number of halogens is 2. The number of nitrogens with two attached hydrogens (primary N) is 1. The topological polar surface area (TPSA) is 29.3 Å². The quantitative estimate of drug-likeness (QED) is 0.577. The highest BCUT2D eigenvalue weighted by Gasteiger charge is 2.29. The van der Waals surface area contributed by atoms with E-state index in [1.54, 1.807) is 12.1 Å². The van der Waals surface area contributed by atoms with Crippen molar-refractivity contribution in [2.24, 2.45) is 5.73 Å². The molecule has 0 amide bonds. The van der Waals surface area contributed by atoms with E-state index in [-0.39, 0.29) is 11.0 Å².